The molecule has 1 unspecified atom stereocenters. The number of benzene rings is 1. The van der Waals surface area contributed by atoms with Crippen LogP contribution in [0.15, 0.2) is 45.7 Å². The third-order valence-corrected chi connectivity index (χ3v) is 5.91. The number of hydrogen-bond donors (Lipinski definition) is 1. The maximum absolute atomic E-state index is 12.5. The normalized spacial score (nSPS) is 17.2. The van der Waals surface area contributed by atoms with Crippen molar-refractivity contribution in [2.45, 2.75) is 37.3 Å². The second-order valence-corrected chi connectivity index (χ2v) is 8.45. The van der Waals surface area contributed by atoms with E-state index in [0.29, 0.717) is 24.5 Å². The Balaban J connectivity index is 1.62. The third kappa shape index (κ3) is 4.97. The Kier molecular flexibility index (Phi) is 5.98. The number of amides is 1. The Morgan fingerprint density at radius 2 is 1.96 bits per heavy atom. The fraction of sp³-hybridized carbons (Fsp3) is 0.421. The molecule has 1 fully saturated rings. The van der Waals surface area contributed by atoms with E-state index >= 15 is 0 Å². The molecule has 2 heterocycles. The van der Waals surface area contributed by atoms with Crippen molar-refractivity contribution in [1.82, 2.24) is 9.62 Å². The van der Waals surface area contributed by atoms with Gasteiger partial charge in [-0.1, -0.05) is 0 Å². The first kappa shape index (κ1) is 19.6. The minimum absolute atomic E-state index is 0.0699. The lowest BCUT2D eigenvalue weighted by Gasteiger charge is -2.16. The monoisotopic (exact) mass is 392 g/mol. The zero-order valence-corrected chi connectivity index (χ0v) is 16.3. The number of furan rings is 1. The van der Waals surface area contributed by atoms with E-state index in [1.807, 2.05) is 19.1 Å². The second-order valence-electron chi connectivity index (χ2n) is 6.68. The Bertz CT molecular complexity index is 883. The number of carbonyl (C=O) groups is 1. The fourth-order valence-electron chi connectivity index (χ4n) is 2.96. The molecule has 7 nitrogen and oxygen atoms in total. The number of sulfonamides is 1. The van der Waals surface area contributed by atoms with Crippen molar-refractivity contribution in [3.05, 3.63) is 53.5 Å². The summed E-state index contributed by atoms with van der Waals surface area (Å²) in [6.45, 7) is 3.12. The number of hydrogen-bond acceptors (Lipinski definition) is 5. The molecule has 0 bridgehead atoms. The largest absolute Gasteiger partial charge is 0.464 e. The topological polar surface area (TPSA) is 88.9 Å². The average molecular weight is 392 g/mol. The lowest BCUT2D eigenvalue weighted by atomic mass is 10.2. The van der Waals surface area contributed by atoms with Crippen molar-refractivity contribution in [2.24, 2.45) is 0 Å². The highest BCUT2D eigenvalue weighted by Crippen LogP contribution is 2.16. The van der Waals surface area contributed by atoms with E-state index < -0.39 is 10.0 Å². The van der Waals surface area contributed by atoms with Crippen molar-refractivity contribution in [3.8, 4) is 0 Å². The summed E-state index contributed by atoms with van der Waals surface area (Å²) in [6, 6.07) is 9.59. The van der Waals surface area contributed by atoms with Crippen molar-refractivity contribution >= 4 is 15.9 Å². The average Bonchev–Trinajstić information content (AvgIpc) is 3.31. The van der Waals surface area contributed by atoms with E-state index in [2.05, 4.69) is 4.72 Å². The van der Waals surface area contributed by atoms with Gasteiger partial charge in [0.05, 0.1) is 17.5 Å². The quantitative estimate of drug-likeness (QED) is 0.781. The Labute approximate surface area is 159 Å². The third-order valence-electron chi connectivity index (χ3n) is 4.47. The summed E-state index contributed by atoms with van der Waals surface area (Å²) >= 11 is 0. The molecule has 27 heavy (non-hydrogen) atoms. The van der Waals surface area contributed by atoms with Crippen molar-refractivity contribution in [1.29, 1.82) is 0 Å². The number of ether oxygens (including phenoxy) is 1. The van der Waals surface area contributed by atoms with Gasteiger partial charge in [0.15, 0.2) is 0 Å². The molecule has 0 aliphatic carbocycles. The molecule has 8 heteroatoms. The maximum atomic E-state index is 12.5. The minimum Gasteiger partial charge on any atom is -0.464 e. The van der Waals surface area contributed by atoms with Crippen LogP contribution in [0.1, 0.15) is 34.7 Å². The zero-order valence-electron chi connectivity index (χ0n) is 15.5. The molecule has 2 aromatic rings. The second kappa shape index (κ2) is 8.24. The van der Waals surface area contributed by atoms with Gasteiger partial charge in [-0.05, 0) is 56.2 Å². The van der Waals surface area contributed by atoms with Crippen LogP contribution in [-0.4, -0.2) is 45.5 Å². The highest BCUT2D eigenvalue weighted by atomic mass is 32.2. The maximum Gasteiger partial charge on any atom is 0.254 e. The highest BCUT2D eigenvalue weighted by Gasteiger charge is 2.21. The SMILES string of the molecule is Cc1ccc(CN(C)C(=O)c2ccc(S(=O)(=O)NCC3CCCO3)cc2)o1. The van der Waals surface area contributed by atoms with Gasteiger partial charge in [0.2, 0.25) is 10.0 Å². The van der Waals surface area contributed by atoms with Crippen molar-refractivity contribution in [2.75, 3.05) is 20.2 Å². The number of nitrogens with one attached hydrogen (secondary N) is 1. The predicted octanol–water partition coefficient (Wildman–Crippen LogP) is 2.32. The molecular weight excluding hydrogens is 368 g/mol. The summed E-state index contributed by atoms with van der Waals surface area (Å²) in [4.78, 5) is 14.2. The van der Waals surface area contributed by atoms with E-state index in [0.717, 1.165) is 18.6 Å². The number of aryl methyl sites for hydroxylation is 1. The van der Waals surface area contributed by atoms with Crippen LogP contribution in [0.25, 0.3) is 0 Å². The van der Waals surface area contributed by atoms with Gasteiger partial charge in [0, 0.05) is 25.8 Å². The molecule has 3 rings (SSSR count). The van der Waals surface area contributed by atoms with E-state index in [9.17, 15) is 13.2 Å². The van der Waals surface area contributed by atoms with Crippen LogP contribution in [-0.2, 0) is 21.3 Å². The molecule has 0 spiro atoms. The number of carbonyl (C=O) groups excluding carboxylic acids is 1. The summed E-state index contributed by atoms with van der Waals surface area (Å²) in [5, 5.41) is 0. The lowest BCUT2D eigenvalue weighted by molar-refractivity contribution is 0.0775. The van der Waals surface area contributed by atoms with E-state index in [-0.39, 0.29) is 23.5 Å². The molecule has 1 atom stereocenters. The van der Waals surface area contributed by atoms with Gasteiger partial charge in [0.1, 0.15) is 11.5 Å². The molecule has 1 aliphatic rings. The minimum atomic E-state index is -3.63. The van der Waals surface area contributed by atoms with Gasteiger partial charge in [-0.2, -0.15) is 0 Å². The van der Waals surface area contributed by atoms with Crippen molar-refractivity contribution < 1.29 is 22.4 Å². The van der Waals surface area contributed by atoms with Crippen LogP contribution in [0.3, 0.4) is 0 Å². The smallest absolute Gasteiger partial charge is 0.254 e. The fourth-order valence-corrected chi connectivity index (χ4v) is 4.03. The molecule has 146 valence electrons. The van der Waals surface area contributed by atoms with Gasteiger partial charge in [-0.15, -0.1) is 0 Å². The van der Waals surface area contributed by atoms with Gasteiger partial charge >= 0.3 is 0 Å². The highest BCUT2D eigenvalue weighted by molar-refractivity contribution is 7.89. The van der Waals surface area contributed by atoms with E-state index in [4.69, 9.17) is 9.15 Å². The van der Waals surface area contributed by atoms with Gasteiger partial charge in [-0.3, -0.25) is 4.79 Å². The molecule has 1 saturated heterocycles. The summed E-state index contributed by atoms with van der Waals surface area (Å²) in [7, 11) is -1.95. The number of rotatable bonds is 7. The summed E-state index contributed by atoms with van der Waals surface area (Å²) in [5.74, 6) is 1.28. The van der Waals surface area contributed by atoms with Gasteiger partial charge in [0.25, 0.3) is 5.91 Å². The predicted molar refractivity (Wildman–Crippen MR) is 99.8 cm³/mol. The van der Waals surface area contributed by atoms with E-state index in [1.54, 1.807) is 7.05 Å². The van der Waals surface area contributed by atoms with Crippen LogP contribution in [0.4, 0.5) is 0 Å². The number of nitrogens with zero attached hydrogens (tertiary/aromatic N) is 1. The molecule has 1 aliphatic heterocycles. The molecule has 0 saturated carbocycles. The Hall–Kier alpha value is -2.16. The molecule has 1 N–H and O–H groups in total. The first-order valence-electron chi connectivity index (χ1n) is 8.87. The molecule has 1 amide bonds. The van der Waals surface area contributed by atoms with Crippen molar-refractivity contribution in [3.63, 3.8) is 0 Å². The van der Waals surface area contributed by atoms with Crippen LogP contribution in [0.2, 0.25) is 0 Å². The van der Waals surface area contributed by atoms with Crippen LogP contribution < -0.4 is 4.72 Å². The van der Waals surface area contributed by atoms with Gasteiger partial charge < -0.3 is 14.1 Å². The molecule has 0 radical (unpaired) electrons. The molecule has 1 aromatic carbocycles. The van der Waals surface area contributed by atoms with Crippen LogP contribution in [0, 0.1) is 6.92 Å². The first-order valence-corrected chi connectivity index (χ1v) is 10.4. The van der Waals surface area contributed by atoms with E-state index in [1.165, 1.54) is 29.2 Å². The van der Waals surface area contributed by atoms with Crippen LogP contribution >= 0.6 is 0 Å². The zero-order chi connectivity index (χ0) is 19.4. The van der Waals surface area contributed by atoms with Gasteiger partial charge in [-0.25, -0.2) is 13.1 Å². The summed E-state index contributed by atoms with van der Waals surface area (Å²) in [5.41, 5.74) is 0.416. The Morgan fingerprint density at radius 1 is 1.22 bits per heavy atom. The van der Waals surface area contributed by atoms with Crippen LogP contribution in [0.5, 0.6) is 0 Å². The summed E-state index contributed by atoms with van der Waals surface area (Å²) < 4.78 is 38.2. The molecular formula is C19H24N2O5S. The Morgan fingerprint density at radius 3 is 2.56 bits per heavy atom. The summed E-state index contributed by atoms with van der Waals surface area (Å²) in [6.07, 6.45) is 1.74. The standard InChI is InChI=1S/C19H24N2O5S/c1-14-5-8-17(26-14)13-21(2)19(22)15-6-9-18(10-7-15)27(23,24)20-12-16-4-3-11-25-16/h5-10,16,20H,3-4,11-13H2,1-2H3. The molecule has 1 aromatic heterocycles. The first-order chi connectivity index (χ1) is 12.8. The lowest BCUT2D eigenvalue weighted by Crippen LogP contribution is -2.32.